The normalized spacial score (nSPS) is 12.5. The average molecular weight is 1000 g/mol. The summed E-state index contributed by atoms with van der Waals surface area (Å²) in [5, 5.41) is 0. The summed E-state index contributed by atoms with van der Waals surface area (Å²) in [5.74, 6) is 1.74. The summed E-state index contributed by atoms with van der Waals surface area (Å²) < 4.78 is 17.0. The summed E-state index contributed by atoms with van der Waals surface area (Å²) in [6.07, 6.45) is 61.0. The highest BCUT2D eigenvalue weighted by molar-refractivity contribution is 5.71. The fourth-order valence-electron chi connectivity index (χ4n) is 10.0. The molecule has 0 rings (SSSR count). The average Bonchev–Trinajstić information content (AvgIpc) is 3.35. The number of rotatable bonds is 58. The van der Waals surface area contributed by atoms with Crippen LogP contribution in [0, 0.1) is 17.8 Å². The molecule has 6 nitrogen and oxygen atoms in total. The van der Waals surface area contributed by atoms with Gasteiger partial charge in [-0.1, -0.05) is 324 Å². The molecule has 0 bridgehead atoms. The van der Waals surface area contributed by atoms with E-state index in [1.807, 2.05) is 0 Å². The molecule has 0 radical (unpaired) electrons. The summed E-state index contributed by atoms with van der Waals surface area (Å²) >= 11 is 0. The van der Waals surface area contributed by atoms with Crippen LogP contribution in [0.15, 0.2) is 0 Å². The van der Waals surface area contributed by atoms with Gasteiger partial charge in [0.15, 0.2) is 6.10 Å². The highest BCUT2D eigenvalue weighted by atomic mass is 16.6. The Kier molecular flexibility index (Phi) is 54.9. The minimum atomic E-state index is -0.764. The first-order chi connectivity index (χ1) is 34.6. The molecule has 0 aromatic carbocycles. The SMILES string of the molecule is CCC(C)CCCCCCCCCCCCCCCCCCCCC(=O)O[C@H](COC(=O)CCCCCCCCCCCCCCCCC(C)C)COC(=O)CCCCCCCCCCCCCC(C)C. The van der Waals surface area contributed by atoms with Crippen LogP contribution < -0.4 is 0 Å². The van der Waals surface area contributed by atoms with Crippen molar-refractivity contribution in [1.29, 1.82) is 0 Å². The van der Waals surface area contributed by atoms with Crippen LogP contribution in [0.1, 0.15) is 363 Å². The Morgan fingerprint density at radius 2 is 0.493 bits per heavy atom. The maximum absolute atomic E-state index is 12.9. The predicted octanol–water partition coefficient (Wildman–Crippen LogP) is 21.5. The first kappa shape index (κ1) is 69.4. The molecule has 0 N–H and O–H groups in total. The van der Waals surface area contributed by atoms with Crippen LogP contribution in [0.5, 0.6) is 0 Å². The zero-order valence-electron chi connectivity index (χ0n) is 49.0. The molecule has 0 aliphatic carbocycles. The van der Waals surface area contributed by atoms with Gasteiger partial charge in [-0.15, -0.1) is 0 Å². The number of ether oxygens (including phenoxy) is 3. The second-order valence-corrected chi connectivity index (χ2v) is 23.6. The Balaban J connectivity index is 4.27. The van der Waals surface area contributed by atoms with Crippen LogP contribution in [0.25, 0.3) is 0 Å². The molecule has 0 saturated carbocycles. The van der Waals surface area contributed by atoms with Crippen LogP contribution in [0.4, 0.5) is 0 Å². The molecule has 6 heteroatoms. The van der Waals surface area contributed by atoms with E-state index < -0.39 is 6.10 Å². The number of hydrogen-bond donors (Lipinski definition) is 0. The number of carbonyl (C=O) groups is 3. The number of unbranched alkanes of at least 4 members (excludes halogenated alkanes) is 40. The Morgan fingerprint density at radius 3 is 0.732 bits per heavy atom. The molecule has 2 atom stereocenters. The van der Waals surface area contributed by atoms with E-state index in [0.29, 0.717) is 19.3 Å². The smallest absolute Gasteiger partial charge is 0.306 e. The second kappa shape index (κ2) is 56.1. The van der Waals surface area contributed by atoms with Crippen LogP contribution in [0.3, 0.4) is 0 Å². The third-order valence-electron chi connectivity index (χ3n) is 15.3. The van der Waals surface area contributed by atoms with Gasteiger partial charge in [-0.3, -0.25) is 14.4 Å². The van der Waals surface area contributed by atoms with Crippen molar-refractivity contribution in [2.45, 2.75) is 369 Å². The lowest BCUT2D eigenvalue weighted by Gasteiger charge is -2.18. The first-order valence-corrected chi connectivity index (χ1v) is 32.1. The van der Waals surface area contributed by atoms with Crippen molar-refractivity contribution in [3.8, 4) is 0 Å². The Bertz CT molecular complexity index is 1100. The Morgan fingerprint density at radius 1 is 0.282 bits per heavy atom. The summed E-state index contributed by atoms with van der Waals surface area (Å²) in [5.41, 5.74) is 0. The zero-order valence-corrected chi connectivity index (χ0v) is 49.0. The molecule has 1 unspecified atom stereocenters. The molecular formula is C65H126O6. The van der Waals surface area contributed by atoms with E-state index >= 15 is 0 Å². The van der Waals surface area contributed by atoms with E-state index in [-0.39, 0.29) is 31.1 Å². The molecule has 0 amide bonds. The van der Waals surface area contributed by atoms with Crippen LogP contribution in [-0.2, 0) is 28.6 Å². The van der Waals surface area contributed by atoms with Crippen molar-refractivity contribution >= 4 is 17.9 Å². The third kappa shape index (κ3) is 57.5. The van der Waals surface area contributed by atoms with Gasteiger partial charge < -0.3 is 14.2 Å². The zero-order chi connectivity index (χ0) is 51.9. The standard InChI is InChI=1S/C65H126O6/c1-7-61(6)53-47-41-35-29-23-17-12-10-8-9-11-13-19-25-32-38-44-50-56-65(68)71-62(58-70-64(67)55-49-43-37-31-26-20-22-28-34-40-46-52-60(4)5)57-69-63(66)54-48-42-36-30-24-18-15-14-16-21-27-33-39-45-51-59(2)3/h59-62H,7-58H2,1-6H3/t61?,62-/m1/s1. The predicted molar refractivity (Wildman–Crippen MR) is 307 cm³/mol. The lowest BCUT2D eigenvalue weighted by atomic mass is 9.99. The fourth-order valence-corrected chi connectivity index (χ4v) is 10.0. The Labute approximate surface area is 444 Å². The van der Waals surface area contributed by atoms with E-state index in [9.17, 15) is 14.4 Å². The van der Waals surface area contributed by atoms with Crippen molar-refractivity contribution < 1.29 is 28.6 Å². The largest absolute Gasteiger partial charge is 0.462 e. The van der Waals surface area contributed by atoms with Crippen molar-refractivity contribution in [2.24, 2.45) is 17.8 Å². The van der Waals surface area contributed by atoms with Gasteiger partial charge in [-0.05, 0) is 37.0 Å². The molecule has 0 aliphatic heterocycles. The summed E-state index contributed by atoms with van der Waals surface area (Å²) in [6.45, 7) is 13.8. The van der Waals surface area contributed by atoms with Gasteiger partial charge in [-0.2, -0.15) is 0 Å². The van der Waals surface area contributed by atoms with E-state index in [4.69, 9.17) is 14.2 Å². The maximum Gasteiger partial charge on any atom is 0.306 e. The molecule has 0 spiro atoms. The van der Waals surface area contributed by atoms with Gasteiger partial charge >= 0.3 is 17.9 Å². The minimum Gasteiger partial charge on any atom is -0.462 e. The third-order valence-corrected chi connectivity index (χ3v) is 15.3. The fraction of sp³-hybridized carbons (Fsp3) is 0.954. The van der Waals surface area contributed by atoms with Crippen molar-refractivity contribution in [3.63, 3.8) is 0 Å². The Hall–Kier alpha value is -1.59. The molecule has 0 aromatic rings. The van der Waals surface area contributed by atoms with Gasteiger partial charge in [0, 0.05) is 19.3 Å². The quantitative estimate of drug-likeness (QED) is 0.0343. The van der Waals surface area contributed by atoms with E-state index in [1.165, 1.54) is 244 Å². The van der Waals surface area contributed by atoms with Gasteiger partial charge in [0.25, 0.3) is 0 Å². The van der Waals surface area contributed by atoms with Crippen molar-refractivity contribution in [1.82, 2.24) is 0 Å². The van der Waals surface area contributed by atoms with Gasteiger partial charge in [0.05, 0.1) is 0 Å². The topological polar surface area (TPSA) is 78.9 Å². The monoisotopic (exact) mass is 1000 g/mol. The van der Waals surface area contributed by atoms with Crippen molar-refractivity contribution in [2.75, 3.05) is 13.2 Å². The molecule has 422 valence electrons. The second-order valence-electron chi connectivity index (χ2n) is 23.6. The number of hydrogen-bond acceptors (Lipinski definition) is 6. The van der Waals surface area contributed by atoms with E-state index in [0.717, 1.165) is 75.5 Å². The van der Waals surface area contributed by atoms with Crippen LogP contribution in [-0.4, -0.2) is 37.2 Å². The molecule has 0 heterocycles. The van der Waals surface area contributed by atoms with Crippen LogP contribution in [0.2, 0.25) is 0 Å². The van der Waals surface area contributed by atoms with E-state index in [2.05, 4.69) is 41.5 Å². The van der Waals surface area contributed by atoms with Gasteiger partial charge in [0.1, 0.15) is 13.2 Å². The minimum absolute atomic E-state index is 0.0627. The molecule has 0 fully saturated rings. The summed E-state index contributed by atoms with van der Waals surface area (Å²) in [7, 11) is 0. The lowest BCUT2D eigenvalue weighted by Crippen LogP contribution is -2.30. The summed E-state index contributed by atoms with van der Waals surface area (Å²) in [4.78, 5) is 38.3. The molecule has 0 saturated heterocycles. The lowest BCUT2D eigenvalue weighted by molar-refractivity contribution is -0.167. The molecule has 0 aromatic heterocycles. The van der Waals surface area contributed by atoms with Crippen LogP contribution >= 0.6 is 0 Å². The first-order valence-electron chi connectivity index (χ1n) is 32.1. The van der Waals surface area contributed by atoms with Crippen molar-refractivity contribution in [3.05, 3.63) is 0 Å². The van der Waals surface area contributed by atoms with E-state index in [1.54, 1.807) is 0 Å². The number of carbonyl (C=O) groups excluding carboxylic acids is 3. The maximum atomic E-state index is 12.9. The number of esters is 3. The summed E-state index contributed by atoms with van der Waals surface area (Å²) in [6, 6.07) is 0. The molecule has 0 aliphatic rings. The van der Waals surface area contributed by atoms with Gasteiger partial charge in [-0.25, -0.2) is 0 Å². The molecule has 71 heavy (non-hydrogen) atoms. The van der Waals surface area contributed by atoms with Gasteiger partial charge in [0.2, 0.25) is 0 Å². The molecular weight excluding hydrogens is 877 g/mol. The highest BCUT2D eigenvalue weighted by Gasteiger charge is 2.19. The highest BCUT2D eigenvalue weighted by Crippen LogP contribution is 2.19.